The van der Waals surface area contributed by atoms with Gasteiger partial charge in [-0.1, -0.05) is 29.3 Å². The minimum atomic E-state index is 0.489. The molecule has 2 N–H and O–H groups in total. The largest absolute Gasteiger partial charge is 0.399 e. The first-order chi connectivity index (χ1) is 9.65. The van der Waals surface area contributed by atoms with Gasteiger partial charge in [0.15, 0.2) is 5.82 Å². The zero-order valence-corrected chi connectivity index (χ0v) is 11.7. The lowest BCUT2D eigenvalue weighted by molar-refractivity contribution is 0.791. The molecule has 0 bridgehead atoms. The second kappa shape index (κ2) is 5.11. The van der Waals surface area contributed by atoms with Crippen LogP contribution in [-0.4, -0.2) is 20.2 Å². The van der Waals surface area contributed by atoms with Gasteiger partial charge in [-0.15, -0.1) is 5.10 Å². The van der Waals surface area contributed by atoms with Crippen molar-refractivity contribution < 1.29 is 0 Å². The number of nitrogen functional groups attached to an aromatic ring is 1. The van der Waals surface area contributed by atoms with Crippen LogP contribution in [0.3, 0.4) is 0 Å². The Labute approximate surface area is 124 Å². The van der Waals surface area contributed by atoms with Gasteiger partial charge in [0.25, 0.3) is 0 Å². The molecule has 100 valence electrons. The topological polar surface area (TPSA) is 69.6 Å². The number of hydrogen-bond donors (Lipinski definition) is 1. The Morgan fingerprint density at radius 1 is 1.05 bits per heavy atom. The highest BCUT2D eigenvalue weighted by atomic mass is 35.5. The summed E-state index contributed by atoms with van der Waals surface area (Å²) < 4.78 is 1.57. The molecule has 5 nitrogen and oxygen atoms in total. The summed E-state index contributed by atoms with van der Waals surface area (Å²) in [5, 5.41) is 12.8. The maximum Gasteiger partial charge on any atom is 0.188 e. The third kappa shape index (κ3) is 2.33. The van der Waals surface area contributed by atoms with E-state index < -0.39 is 0 Å². The minimum absolute atomic E-state index is 0.489. The minimum Gasteiger partial charge on any atom is -0.399 e. The van der Waals surface area contributed by atoms with E-state index in [4.69, 9.17) is 28.9 Å². The third-order valence-electron chi connectivity index (χ3n) is 2.76. The number of aromatic nitrogens is 4. The lowest BCUT2D eigenvalue weighted by Gasteiger charge is -2.07. The van der Waals surface area contributed by atoms with Gasteiger partial charge in [-0.25, -0.2) is 0 Å². The first-order valence-electron chi connectivity index (χ1n) is 5.75. The Bertz CT molecular complexity index is 769. The molecule has 1 heterocycles. The zero-order valence-electron chi connectivity index (χ0n) is 10.2. The summed E-state index contributed by atoms with van der Waals surface area (Å²) in [7, 11) is 0. The van der Waals surface area contributed by atoms with Crippen molar-refractivity contribution in [2.24, 2.45) is 0 Å². The molecule has 0 radical (unpaired) electrons. The van der Waals surface area contributed by atoms with E-state index in [9.17, 15) is 0 Å². The number of benzene rings is 2. The Balaban J connectivity index is 2.15. The van der Waals surface area contributed by atoms with Gasteiger partial charge in [-0.05, 0) is 46.8 Å². The number of rotatable bonds is 2. The smallest absolute Gasteiger partial charge is 0.188 e. The molecule has 0 atom stereocenters. The first-order valence-corrected chi connectivity index (χ1v) is 6.50. The summed E-state index contributed by atoms with van der Waals surface area (Å²) in [4.78, 5) is 0. The fourth-order valence-electron chi connectivity index (χ4n) is 1.85. The van der Waals surface area contributed by atoms with Crippen LogP contribution < -0.4 is 5.73 Å². The van der Waals surface area contributed by atoms with E-state index in [0.29, 0.717) is 27.1 Å². The van der Waals surface area contributed by atoms with E-state index >= 15 is 0 Å². The Kier molecular flexibility index (Phi) is 3.30. The van der Waals surface area contributed by atoms with Crippen LogP contribution in [0.4, 0.5) is 5.69 Å². The second-order valence-electron chi connectivity index (χ2n) is 4.13. The monoisotopic (exact) mass is 305 g/mol. The van der Waals surface area contributed by atoms with Gasteiger partial charge in [0.1, 0.15) is 0 Å². The van der Waals surface area contributed by atoms with E-state index in [1.807, 2.05) is 12.1 Å². The van der Waals surface area contributed by atoms with Crippen molar-refractivity contribution in [3.8, 4) is 17.1 Å². The molecule has 0 saturated carbocycles. The van der Waals surface area contributed by atoms with Crippen molar-refractivity contribution in [1.29, 1.82) is 0 Å². The molecular formula is C13H9Cl2N5. The molecule has 2 aromatic carbocycles. The molecule has 0 saturated heterocycles. The summed E-state index contributed by atoms with van der Waals surface area (Å²) in [5.41, 5.74) is 7.73. The highest BCUT2D eigenvalue weighted by Crippen LogP contribution is 2.29. The summed E-state index contributed by atoms with van der Waals surface area (Å²) in [6.45, 7) is 0. The number of nitrogens with two attached hydrogens (primary N) is 1. The van der Waals surface area contributed by atoms with Gasteiger partial charge in [0.2, 0.25) is 0 Å². The van der Waals surface area contributed by atoms with Crippen molar-refractivity contribution in [2.45, 2.75) is 0 Å². The number of nitrogens with zero attached hydrogens (tertiary/aromatic N) is 4. The van der Waals surface area contributed by atoms with Gasteiger partial charge < -0.3 is 5.73 Å². The van der Waals surface area contributed by atoms with E-state index in [-0.39, 0.29) is 0 Å². The molecule has 1 aromatic heterocycles. The average molecular weight is 306 g/mol. The number of hydrogen-bond acceptors (Lipinski definition) is 4. The maximum atomic E-state index is 6.20. The summed E-state index contributed by atoms with van der Waals surface area (Å²) in [6, 6.07) is 12.4. The lowest BCUT2D eigenvalue weighted by atomic mass is 10.2. The molecule has 0 fully saturated rings. The van der Waals surface area contributed by atoms with Crippen LogP contribution in [0.25, 0.3) is 17.1 Å². The van der Waals surface area contributed by atoms with E-state index in [1.54, 1.807) is 35.0 Å². The van der Waals surface area contributed by atoms with Crippen LogP contribution in [0.2, 0.25) is 10.0 Å². The Hall–Kier alpha value is -2.11. The van der Waals surface area contributed by atoms with Gasteiger partial charge in [0, 0.05) is 16.3 Å². The van der Waals surface area contributed by atoms with Crippen LogP contribution >= 0.6 is 23.2 Å². The Morgan fingerprint density at radius 3 is 2.65 bits per heavy atom. The van der Waals surface area contributed by atoms with E-state index in [0.717, 1.165) is 5.69 Å². The molecule has 0 spiro atoms. The van der Waals surface area contributed by atoms with Crippen LogP contribution in [0.1, 0.15) is 0 Å². The van der Waals surface area contributed by atoms with Crippen molar-refractivity contribution in [1.82, 2.24) is 20.2 Å². The quantitative estimate of drug-likeness (QED) is 0.738. The predicted molar refractivity (Wildman–Crippen MR) is 79.0 cm³/mol. The highest BCUT2D eigenvalue weighted by molar-refractivity contribution is 6.33. The van der Waals surface area contributed by atoms with Crippen LogP contribution in [0, 0.1) is 0 Å². The Morgan fingerprint density at radius 2 is 1.90 bits per heavy atom. The summed E-state index contributed by atoms with van der Waals surface area (Å²) in [6.07, 6.45) is 0. The number of anilines is 1. The molecule has 7 heteroatoms. The standard InChI is InChI=1S/C13H9Cl2N5/c14-8-2-1-3-10(6-8)20-13(17-18-19-20)11-5-4-9(16)7-12(11)15/h1-7H,16H2. The van der Waals surface area contributed by atoms with E-state index in [1.165, 1.54) is 0 Å². The second-order valence-corrected chi connectivity index (χ2v) is 4.98. The summed E-state index contributed by atoms with van der Waals surface area (Å²) >= 11 is 12.2. The van der Waals surface area contributed by atoms with E-state index in [2.05, 4.69) is 15.5 Å². The predicted octanol–water partition coefficient (Wildman–Crippen LogP) is 3.22. The summed E-state index contributed by atoms with van der Waals surface area (Å²) in [5.74, 6) is 0.525. The van der Waals surface area contributed by atoms with Crippen molar-refractivity contribution in [2.75, 3.05) is 5.73 Å². The normalized spacial score (nSPS) is 10.7. The van der Waals surface area contributed by atoms with Gasteiger partial charge >= 0.3 is 0 Å². The average Bonchev–Trinajstić information content (AvgIpc) is 2.87. The molecular weight excluding hydrogens is 297 g/mol. The van der Waals surface area contributed by atoms with Crippen molar-refractivity contribution in [3.63, 3.8) is 0 Å². The van der Waals surface area contributed by atoms with Crippen molar-refractivity contribution in [3.05, 3.63) is 52.5 Å². The van der Waals surface area contributed by atoms with Crippen molar-refractivity contribution >= 4 is 28.9 Å². The highest BCUT2D eigenvalue weighted by Gasteiger charge is 2.14. The molecule has 0 amide bonds. The first kappa shape index (κ1) is 12.9. The SMILES string of the molecule is Nc1ccc(-c2nnnn2-c2cccc(Cl)c2)c(Cl)c1. The number of halogens is 2. The lowest BCUT2D eigenvalue weighted by Crippen LogP contribution is -2.00. The third-order valence-corrected chi connectivity index (χ3v) is 3.30. The molecule has 20 heavy (non-hydrogen) atoms. The number of tetrazole rings is 1. The fraction of sp³-hybridized carbons (Fsp3) is 0. The van der Waals surface area contributed by atoms with Crippen LogP contribution in [0.15, 0.2) is 42.5 Å². The zero-order chi connectivity index (χ0) is 14.1. The fourth-order valence-corrected chi connectivity index (χ4v) is 2.31. The van der Waals surface area contributed by atoms with Gasteiger partial charge in [-0.2, -0.15) is 4.68 Å². The maximum absolute atomic E-state index is 6.20. The van der Waals surface area contributed by atoms with Gasteiger partial charge in [-0.3, -0.25) is 0 Å². The molecule has 0 aliphatic heterocycles. The van der Waals surface area contributed by atoms with Crippen LogP contribution in [0.5, 0.6) is 0 Å². The molecule has 0 aliphatic carbocycles. The molecule has 3 aromatic rings. The van der Waals surface area contributed by atoms with Gasteiger partial charge in [0.05, 0.1) is 10.7 Å². The molecule has 3 rings (SSSR count). The van der Waals surface area contributed by atoms with Crippen LogP contribution in [-0.2, 0) is 0 Å². The molecule has 0 aliphatic rings. The molecule has 0 unspecified atom stereocenters.